The van der Waals surface area contributed by atoms with Gasteiger partial charge in [0.2, 0.25) is 0 Å². The third-order valence-corrected chi connectivity index (χ3v) is 3.92. The Kier molecular flexibility index (Phi) is 2.55. The molecule has 1 saturated heterocycles. The van der Waals surface area contributed by atoms with Gasteiger partial charge in [0.15, 0.2) is 0 Å². The first kappa shape index (κ1) is 11.5. The number of rotatable bonds is 3. The van der Waals surface area contributed by atoms with E-state index in [-0.39, 0.29) is 23.9 Å². The molecule has 3 rings (SSSR count). The van der Waals surface area contributed by atoms with E-state index in [0.29, 0.717) is 0 Å². The summed E-state index contributed by atoms with van der Waals surface area (Å²) in [6, 6.07) is 3.77. The van der Waals surface area contributed by atoms with E-state index >= 15 is 0 Å². The fourth-order valence-corrected chi connectivity index (χ4v) is 3.09. The first-order chi connectivity index (χ1) is 8.67. The molecule has 3 atom stereocenters. The average molecular weight is 248 g/mol. The largest absolute Gasteiger partial charge is 0.496 e. The summed E-state index contributed by atoms with van der Waals surface area (Å²) in [7, 11) is 3.29. The Morgan fingerprint density at radius 2 is 1.83 bits per heavy atom. The number of benzene rings is 1. The first-order valence-electron chi connectivity index (χ1n) is 6.08. The second-order valence-corrected chi connectivity index (χ2v) is 4.80. The van der Waals surface area contributed by atoms with Crippen LogP contribution >= 0.6 is 0 Å². The minimum atomic E-state index is -0.174. The Morgan fingerprint density at radius 1 is 1.22 bits per heavy atom. The highest BCUT2D eigenvalue weighted by Gasteiger charge is 2.50. The van der Waals surface area contributed by atoms with Crippen molar-refractivity contribution < 1.29 is 19.0 Å². The summed E-state index contributed by atoms with van der Waals surface area (Å²) in [4.78, 5) is 11.6. The lowest BCUT2D eigenvalue weighted by Crippen LogP contribution is -2.19. The highest BCUT2D eigenvalue weighted by atomic mass is 16.5. The second-order valence-electron chi connectivity index (χ2n) is 4.80. The number of ether oxygens (including phenoxy) is 3. The molecule has 1 fully saturated rings. The number of Topliss-reactive ketones (excluding diaryl/α,β-unsaturated/α-hetero) is 1. The third kappa shape index (κ3) is 1.38. The van der Waals surface area contributed by atoms with Crippen molar-refractivity contribution in [2.24, 2.45) is 5.92 Å². The molecule has 0 spiro atoms. The van der Waals surface area contributed by atoms with E-state index in [0.717, 1.165) is 29.0 Å². The van der Waals surface area contributed by atoms with E-state index in [2.05, 4.69) is 0 Å². The SMILES string of the molecule is COc1ccc(OC)c2c1[C@H]1O[C@@H]2C[C@@H]1C(C)=O. The molecule has 0 saturated carbocycles. The molecule has 4 heteroatoms. The van der Waals surface area contributed by atoms with Gasteiger partial charge in [-0.05, 0) is 25.5 Å². The van der Waals surface area contributed by atoms with Gasteiger partial charge in [0.1, 0.15) is 17.3 Å². The lowest BCUT2D eigenvalue weighted by molar-refractivity contribution is -0.122. The molecule has 2 heterocycles. The lowest BCUT2D eigenvalue weighted by atomic mass is 9.81. The molecule has 2 aliphatic rings. The molecule has 0 amide bonds. The number of carbonyl (C=O) groups excluding carboxylic acids is 1. The van der Waals surface area contributed by atoms with Crippen molar-refractivity contribution in [3.63, 3.8) is 0 Å². The molecule has 0 unspecified atom stereocenters. The van der Waals surface area contributed by atoms with E-state index in [4.69, 9.17) is 14.2 Å². The standard InChI is InChI=1S/C14H16O4/c1-7(15)8-6-11-12-9(16-2)4-5-10(17-3)13(12)14(8)18-11/h4-5,8,11,14H,6H2,1-3H3/t8-,11-,14+/m1/s1. The van der Waals surface area contributed by atoms with Crippen LogP contribution in [-0.4, -0.2) is 20.0 Å². The van der Waals surface area contributed by atoms with Crippen LogP contribution in [0.15, 0.2) is 12.1 Å². The Labute approximate surface area is 106 Å². The van der Waals surface area contributed by atoms with Crippen molar-refractivity contribution in [3.05, 3.63) is 23.3 Å². The number of methoxy groups -OCH3 is 2. The van der Waals surface area contributed by atoms with Crippen LogP contribution in [0.25, 0.3) is 0 Å². The van der Waals surface area contributed by atoms with Crippen LogP contribution in [-0.2, 0) is 9.53 Å². The van der Waals surface area contributed by atoms with Crippen LogP contribution < -0.4 is 9.47 Å². The van der Waals surface area contributed by atoms with Crippen molar-refractivity contribution in [3.8, 4) is 11.5 Å². The van der Waals surface area contributed by atoms with Crippen molar-refractivity contribution in [1.82, 2.24) is 0 Å². The van der Waals surface area contributed by atoms with Crippen LogP contribution in [0, 0.1) is 5.92 Å². The molecule has 2 aliphatic heterocycles. The van der Waals surface area contributed by atoms with Crippen LogP contribution in [0.4, 0.5) is 0 Å². The van der Waals surface area contributed by atoms with Gasteiger partial charge in [0, 0.05) is 11.1 Å². The predicted octanol–water partition coefficient (Wildman–Crippen LogP) is 2.43. The summed E-state index contributed by atoms with van der Waals surface area (Å²) < 4.78 is 16.7. The quantitative estimate of drug-likeness (QED) is 0.824. The van der Waals surface area contributed by atoms with Gasteiger partial charge in [-0.3, -0.25) is 4.79 Å². The van der Waals surface area contributed by atoms with E-state index in [9.17, 15) is 4.79 Å². The molecular weight excluding hydrogens is 232 g/mol. The number of ketones is 1. The molecule has 1 aromatic rings. The Morgan fingerprint density at radius 3 is 2.39 bits per heavy atom. The topological polar surface area (TPSA) is 44.8 Å². The molecule has 2 bridgehead atoms. The summed E-state index contributed by atoms with van der Waals surface area (Å²) in [6.45, 7) is 1.63. The molecule has 0 aliphatic carbocycles. The monoisotopic (exact) mass is 248 g/mol. The summed E-state index contributed by atoms with van der Waals surface area (Å²) >= 11 is 0. The summed E-state index contributed by atoms with van der Waals surface area (Å²) in [5, 5.41) is 0. The lowest BCUT2D eigenvalue weighted by Gasteiger charge is -2.22. The fourth-order valence-electron chi connectivity index (χ4n) is 3.09. The van der Waals surface area contributed by atoms with Gasteiger partial charge >= 0.3 is 0 Å². The fraction of sp³-hybridized carbons (Fsp3) is 0.500. The zero-order valence-electron chi connectivity index (χ0n) is 10.7. The van der Waals surface area contributed by atoms with Crippen molar-refractivity contribution in [1.29, 1.82) is 0 Å². The van der Waals surface area contributed by atoms with E-state index in [1.165, 1.54) is 0 Å². The predicted molar refractivity (Wildman–Crippen MR) is 64.9 cm³/mol. The maximum Gasteiger partial charge on any atom is 0.135 e. The maximum atomic E-state index is 11.6. The van der Waals surface area contributed by atoms with Crippen molar-refractivity contribution >= 4 is 5.78 Å². The Balaban J connectivity index is 2.14. The number of hydrogen-bond donors (Lipinski definition) is 0. The minimum Gasteiger partial charge on any atom is -0.496 e. The number of fused-ring (bicyclic) bond motifs is 5. The molecule has 0 radical (unpaired) electrons. The second kappa shape index (κ2) is 3.99. The summed E-state index contributed by atoms with van der Waals surface area (Å²) in [5.41, 5.74) is 2.05. The first-order valence-corrected chi connectivity index (χ1v) is 6.08. The molecule has 0 N–H and O–H groups in total. The Hall–Kier alpha value is -1.55. The molecule has 4 nitrogen and oxygen atoms in total. The van der Waals surface area contributed by atoms with Gasteiger partial charge in [0.25, 0.3) is 0 Å². The smallest absolute Gasteiger partial charge is 0.135 e. The third-order valence-electron chi connectivity index (χ3n) is 3.92. The van der Waals surface area contributed by atoms with E-state index < -0.39 is 0 Å². The minimum absolute atomic E-state index is 0.0380. The molecule has 0 aromatic heterocycles. The number of carbonyl (C=O) groups is 1. The van der Waals surface area contributed by atoms with Gasteiger partial charge in [-0.2, -0.15) is 0 Å². The van der Waals surface area contributed by atoms with Crippen molar-refractivity contribution in [2.75, 3.05) is 14.2 Å². The Bertz CT molecular complexity index is 509. The zero-order chi connectivity index (χ0) is 12.9. The zero-order valence-corrected chi connectivity index (χ0v) is 10.7. The molecule has 96 valence electrons. The van der Waals surface area contributed by atoms with Gasteiger partial charge in [0.05, 0.1) is 32.3 Å². The highest BCUT2D eigenvalue weighted by Crippen LogP contribution is 2.59. The summed E-state index contributed by atoms with van der Waals surface area (Å²) in [5.74, 6) is 1.73. The highest BCUT2D eigenvalue weighted by molar-refractivity contribution is 5.80. The van der Waals surface area contributed by atoms with Crippen LogP contribution in [0.5, 0.6) is 11.5 Å². The number of hydrogen-bond acceptors (Lipinski definition) is 4. The molecular formula is C14H16O4. The van der Waals surface area contributed by atoms with Crippen LogP contribution in [0.1, 0.15) is 36.7 Å². The average Bonchev–Trinajstić information content (AvgIpc) is 2.96. The van der Waals surface area contributed by atoms with Crippen molar-refractivity contribution in [2.45, 2.75) is 25.6 Å². The van der Waals surface area contributed by atoms with E-state index in [1.807, 2.05) is 12.1 Å². The molecule has 1 aromatic carbocycles. The van der Waals surface area contributed by atoms with E-state index in [1.54, 1.807) is 21.1 Å². The van der Waals surface area contributed by atoms with Crippen LogP contribution in [0.3, 0.4) is 0 Å². The molecule has 18 heavy (non-hydrogen) atoms. The van der Waals surface area contributed by atoms with Gasteiger partial charge < -0.3 is 14.2 Å². The normalized spacial score (nSPS) is 28.1. The van der Waals surface area contributed by atoms with Crippen LogP contribution in [0.2, 0.25) is 0 Å². The van der Waals surface area contributed by atoms with Gasteiger partial charge in [-0.15, -0.1) is 0 Å². The summed E-state index contributed by atoms with van der Waals surface area (Å²) in [6.07, 6.45) is 0.535. The van der Waals surface area contributed by atoms with Gasteiger partial charge in [-0.25, -0.2) is 0 Å². The van der Waals surface area contributed by atoms with Gasteiger partial charge in [-0.1, -0.05) is 0 Å². The maximum absolute atomic E-state index is 11.6.